The molecule has 0 aliphatic heterocycles. The Morgan fingerprint density at radius 1 is 0.971 bits per heavy atom. The van der Waals surface area contributed by atoms with Crippen LogP contribution in [0.2, 0.25) is 0 Å². The Balaban J connectivity index is 1.79. The number of ether oxygens (including phenoxy) is 2. The molecule has 0 heterocycles. The van der Waals surface area contributed by atoms with Crippen LogP contribution < -0.4 is 20.5 Å². The lowest BCUT2D eigenvalue weighted by Gasteiger charge is -2.18. The Kier molecular flexibility index (Phi) is 10.2. The first kappa shape index (κ1) is 26.8. The van der Waals surface area contributed by atoms with Crippen molar-refractivity contribution in [3.05, 3.63) is 59.7 Å². The lowest BCUT2D eigenvalue weighted by atomic mass is 10.2. The SMILES string of the molecule is COc1cc(/C=C/C(=O)NCCCCN(C(=N)N)C(=O)/C=C/c2ccc(O)c(OC)c2)ccc1O. The molecule has 0 bridgehead atoms. The van der Waals surface area contributed by atoms with Crippen molar-refractivity contribution in [2.75, 3.05) is 27.3 Å². The summed E-state index contributed by atoms with van der Waals surface area (Å²) in [4.78, 5) is 25.6. The minimum absolute atomic E-state index is 0.00972. The summed E-state index contributed by atoms with van der Waals surface area (Å²) >= 11 is 0. The topological polar surface area (TPSA) is 158 Å². The second-order valence-electron chi connectivity index (χ2n) is 7.40. The summed E-state index contributed by atoms with van der Waals surface area (Å²) in [6, 6.07) is 9.40. The number of phenolic OH excluding ortho intramolecular Hbond substituents is 2. The molecule has 0 aliphatic carbocycles. The quantitative estimate of drug-likeness (QED) is 0.142. The molecule has 0 saturated carbocycles. The molecule has 0 atom stereocenters. The summed E-state index contributed by atoms with van der Waals surface area (Å²) in [5, 5.41) is 29.7. The zero-order valence-electron chi connectivity index (χ0n) is 19.7. The Bertz CT molecular complexity index is 1110. The molecule has 2 rings (SSSR count). The minimum Gasteiger partial charge on any atom is -0.504 e. The van der Waals surface area contributed by atoms with Gasteiger partial charge in [0.05, 0.1) is 14.2 Å². The molecule has 186 valence electrons. The summed E-state index contributed by atoms with van der Waals surface area (Å²) in [6.45, 7) is 0.599. The normalized spacial score (nSPS) is 10.9. The van der Waals surface area contributed by atoms with Gasteiger partial charge in [0.25, 0.3) is 5.91 Å². The predicted octanol–water partition coefficient (Wildman–Crippen LogP) is 2.46. The number of amides is 2. The first-order chi connectivity index (χ1) is 16.7. The van der Waals surface area contributed by atoms with E-state index in [9.17, 15) is 19.8 Å². The second kappa shape index (κ2) is 13.3. The van der Waals surface area contributed by atoms with Crippen molar-refractivity contribution in [3.63, 3.8) is 0 Å². The van der Waals surface area contributed by atoms with Crippen LogP contribution in [0.25, 0.3) is 12.2 Å². The van der Waals surface area contributed by atoms with Crippen LogP contribution in [0.5, 0.6) is 23.0 Å². The fourth-order valence-electron chi connectivity index (χ4n) is 3.04. The first-order valence-corrected chi connectivity index (χ1v) is 10.8. The number of rotatable bonds is 11. The third-order valence-corrected chi connectivity index (χ3v) is 4.92. The molecular formula is C25H30N4O6. The van der Waals surface area contributed by atoms with E-state index in [1.54, 1.807) is 30.3 Å². The van der Waals surface area contributed by atoms with Gasteiger partial charge in [0.1, 0.15) is 0 Å². The number of phenols is 2. The van der Waals surface area contributed by atoms with Gasteiger partial charge in [-0.25, -0.2) is 0 Å². The van der Waals surface area contributed by atoms with Crippen LogP contribution in [0.15, 0.2) is 48.6 Å². The number of guanidine groups is 1. The Morgan fingerprint density at radius 2 is 1.51 bits per heavy atom. The molecule has 35 heavy (non-hydrogen) atoms. The van der Waals surface area contributed by atoms with Gasteiger partial charge >= 0.3 is 0 Å². The van der Waals surface area contributed by atoms with Gasteiger partial charge in [0, 0.05) is 25.2 Å². The highest BCUT2D eigenvalue weighted by Gasteiger charge is 2.13. The number of carbonyl (C=O) groups excluding carboxylic acids is 2. The molecule has 10 nitrogen and oxygen atoms in total. The lowest BCUT2D eigenvalue weighted by Crippen LogP contribution is -2.41. The van der Waals surface area contributed by atoms with E-state index in [1.807, 2.05) is 0 Å². The number of nitrogens with one attached hydrogen (secondary N) is 2. The van der Waals surface area contributed by atoms with Crippen LogP contribution in [-0.2, 0) is 9.59 Å². The largest absolute Gasteiger partial charge is 0.504 e. The van der Waals surface area contributed by atoms with E-state index in [0.29, 0.717) is 36.3 Å². The van der Waals surface area contributed by atoms with E-state index in [4.69, 9.17) is 20.6 Å². The van der Waals surface area contributed by atoms with E-state index in [2.05, 4.69) is 5.32 Å². The highest BCUT2D eigenvalue weighted by Crippen LogP contribution is 2.27. The fourth-order valence-corrected chi connectivity index (χ4v) is 3.04. The summed E-state index contributed by atoms with van der Waals surface area (Å²) in [5.41, 5.74) is 6.89. The standard InChI is InChI=1S/C25H30N4O6/c1-34-21-15-17(5-9-19(21)30)7-11-23(32)28-13-3-4-14-29(25(26)27)24(33)12-8-18-6-10-20(31)22(16-18)35-2/h5-12,15-16,30-31H,3-4,13-14H2,1-2H3,(H3,26,27)(H,28,32)/b11-7+,12-8+. The van der Waals surface area contributed by atoms with Crippen LogP contribution >= 0.6 is 0 Å². The number of methoxy groups -OCH3 is 2. The highest BCUT2D eigenvalue weighted by atomic mass is 16.5. The number of hydrogen-bond acceptors (Lipinski definition) is 7. The molecule has 2 aromatic rings. The number of nitrogens with zero attached hydrogens (tertiary/aromatic N) is 1. The van der Waals surface area contributed by atoms with E-state index in [-0.39, 0.29) is 35.7 Å². The molecule has 0 aliphatic rings. The molecule has 0 fully saturated rings. The number of carbonyl (C=O) groups is 2. The van der Waals surface area contributed by atoms with Crippen LogP contribution in [0.4, 0.5) is 0 Å². The molecule has 6 N–H and O–H groups in total. The van der Waals surface area contributed by atoms with Gasteiger partial charge in [-0.3, -0.25) is 19.9 Å². The minimum atomic E-state index is -0.458. The van der Waals surface area contributed by atoms with E-state index in [1.165, 1.54) is 44.6 Å². The van der Waals surface area contributed by atoms with Crippen molar-refractivity contribution >= 4 is 29.9 Å². The number of aromatic hydroxyl groups is 2. The number of hydrogen-bond donors (Lipinski definition) is 5. The van der Waals surface area contributed by atoms with Gasteiger partial charge in [-0.1, -0.05) is 12.1 Å². The average molecular weight is 483 g/mol. The lowest BCUT2D eigenvalue weighted by molar-refractivity contribution is -0.122. The third-order valence-electron chi connectivity index (χ3n) is 4.92. The predicted molar refractivity (Wildman–Crippen MR) is 133 cm³/mol. The van der Waals surface area contributed by atoms with Gasteiger partial charge in [-0.15, -0.1) is 0 Å². The van der Waals surface area contributed by atoms with Crippen LogP contribution in [0.3, 0.4) is 0 Å². The molecule has 0 spiro atoms. The van der Waals surface area contributed by atoms with Crippen molar-refractivity contribution in [2.24, 2.45) is 5.73 Å². The summed E-state index contributed by atoms with van der Waals surface area (Å²) in [5.74, 6) is -0.519. The average Bonchev–Trinajstić information content (AvgIpc) is 2.84. The Morgan fingerprint density at radius 3 is 2.03 bits per heavy atom. The van der Waals surface area contributed by atoms with Crippen molar-refractivity contribution in [1.82, 2.24) is 10.2 Å². The van der Waals surface area contributed by atoms with Crippen LogP contribution in [0.1, 0.15) is 24.0 Å². The number of benzene rings is 2. The third kappa shape index (κ3) is 8.43. The van der Waals surface area contributed by atoms with E-state index in [0.717, 1.165) is 4.90 Å². The van der Waals surface area contributed by atoms with Crippen molar-refractivity contribution in [3.8, 4) is 23.0 Å². The number of nitrogens with two attached hydrogens (primary N) is 1. The molecule has 2 amide bonds. The van der Waals surface area contributed by atoms with Gasteiger partial charge in [-0.05, 0) is 60.4 Å². The first-order valence-electron chi connectivity index (χ1n) is 10.8. The summed E-state index contributed by atoms with van der Waals surface area (Å²) in [7, 11) is 2.87. The van der Waals surface area contributed by atoms with E-state index >= 15 is 0 Å². The fraction of sp³-hybridized carbons (Fsp3) is 0.240. The van der Waals surface area contributed by atoms with Crippen molar-refractivity contribution in [2.45, 2.75) is 12.8 Å². The summed E-state index contributed by atoms with van der Waals surface area (Å²) in [6.07, 6.45) is 6.90. The van der Waals surface area contributed by atoms with Gasteiger partial charge in [0.2, 0.25) is 5.91 Å². The van der Waals surface area contributed by atoms with Crippen molar-refractivity contribution in [1.29, 1.82) is 5.41 Å². The number of unbranched alkanes of at least 4 members (excludes halogenated alkanes) is 1. The molecular weight excluding hydrogens is 452 g/mol. The smallest absolute Gasteiger partial charge is 0.253 e. The maximum absolute atomic E-state index is 12.5. The molecule has 0 saturated heterocycles. The highest BCUT2D eigenvalue weighted by molar-refractivity contribution is 6.02. The van der Waals surface area contributed by atoms with E-state index < -0.39 is 5.91 Å². The van der Waals surface area contributed by atoms with Crippen molar-refractivity contribution < 1.29 is 29.3 Å². The van der Waals surface area contributed by atoms with Crippen LogP contribution in [-0.4, -0.2) is 60.2 Å². The van der Waals surface area contributed by atoms with Crippen LogP contribution in [0, 0.1) is 5.41 Å². The monoisotopic (exact) mass is 482 g/mol. The summed E-state index contributed by atoms with van der Waals surface area (Å²) < 4.78 is 10.1. The second-order valence-corrected chi connectivity index (χ2v) is 7.40. The molecule has 2 aromatic carbocycles. The molecule has 0 aromatic heterocycles. The van der Waals surface area contributed by atoms with Gasteiger partial charge < -0.3 is 30.7 Å². The maximum Gasteiger partial charge on any atom is 0.253 e. The van der Waals surface area contributed by atoms with Gasteiger partial charge in [0.15, 0.2) is 29.0 Å². The zero-order valence-corrected chi connectivity index (χ0v) is 19.7. The Hall–Kier alpha value is -4.47. The Labute approximate surface area is 203 Å². The maximum atomic E-state index is 12.5. The molecule has 0 radical (unpaired) electrons. The molecule has 10 heteroatoms. The zero-order chi connectivity index (χ0) is 25.8. The molecule has 0 unspecified atom stereocenters. The van der Waals surface area contributed by atoms with Gasteiger partial charge in [-0.2, -0.15) is 0 Å².